The summed E-state index contributed by atoms with van der Waals surface area (Å²) in [7, 11) is 0.0716. The van der Waals surface area contributed by atoms with Crippen molar-refractivity contribution >= 4 is 18.6 Å². The molecule has 14 heavy (non-hydrogen) atoms. The van der Waals surface area contributed by atoms with Crippen LogP contribution in [0.25, 0.3) is 0 Å². The van der Waals surface area contributed by atoms with Crippen LogP contribution in [0.15, 0.2) is 12.3 Å². The number of aromatic nitrogens is 1. The Kier molecular flexibility index (Phi) is 3.32. The maximum Gasteiger partial charge on any atom is 0.490 e. The maximum atomic E-state index is 11.3. The molecule has 5 nitrogen and oxygen atoms in total. The molecular weight excluding hydrogens is 185 g/mol. The van der Waals surface area contributed by atoms with E-state index in [0.29, 0.717) is 12.3 Å². The summed E-state index contributed by atoms with van der Waals surface area (Å²) in [6.45, 7) is 2.00. The molecule has 1 rings (SSSR count). The molecule has 0 aliphatic carbocycles. The molecule has 0 aromatic carbocycles. The number of nitrogens with zero attached hydrogens (tertiary/aromatic N) is 1. The van der Waals surface area contributed by atoms with Gasteiger partial charge in [-0.05, 0) is 13.0 Å². The van der Waals surface area contributed by atoms with Gasteiger partial charge in [0.1, 0.15) is 5.69 Å². The van der Waals surface area contributed by atoms with E-state index in [1.165, 1.54) is 16.8 Å². The molecule has 0 aliphatic heterocycles. The average Bonchev–Trinajstić information content (AvgIpc) is 2.48. The van der Waals surface area contributed by atoms with Crippen molar-refractivity contribution in [2.75, 3.05) is 6.61 Å². The highest BCUT2D eigenvalue weighted by Gasteiger charge is 2.18. The van der Waals surface area contributed by atoms with Crippen molar-refractivity contribution in [3.05, 3.63) is 18.0 Å². The zero-order chi connectivity index (χ0) is 10.7. The number of ether oxygens (including phenoxy) is 1. The summed E-state index contributed by atoms with van der Waals surface area (Å²) in [6.07, 6.45) is 1.47. The number of rotatable bonds is 3. The first-order valence-corrected chi connectivity index (χ1v) is 4.25. The second-order valence-electron chi connectivity index (χ2n) is 2.86. The van der Waals surface area contributed by atoms with E-state index in [0.717, 1.165) is 0 Å². The van der Waals surface area contributed by atoms with Crippen molar-refractivity contribution in [1.29, 1.82) is 0 Å². The first-order chi connectivity index (χ1) is 6.56. The van der Waals surface area contributed by atoms with Crippen LogP contribution < -0.4 is 5.46 Å². The van der Waals surface area contributed by atoms with Crippen LogP contribution >= 0.6 is 0 Å². The Hall–Kier alpha value is -1.27. The second kappa shape index (κ2) is 4.30. The Bertz CT molecular complexity index is 334. The summed E-state index contributed by atoms with van der Waals surface area (Å²) in [5.41, 5.74) is 0.575. The lowest BCUT2D eigenvalue weighted by atomic mass is 9.82. The SMILES string of the molecule is CCOC(=O)c1cc(B(O)O)cn1C. The van der Waals surface area contributed by atoms with Crippen molar-refractivity contribution in [2.24, 2.45) is 7.05 Å². The average molecular weight is 197 g/mol. The summed E-state index contributed by atoms with van der Waals surface area (Å²) >= 11 is 0. The van der Waals surface area contributed by atoms with E-state index in [4.69, 9.17) is 14.8 Å². The standard InChI is InChI=1S/C8H12BNO4/c1-3-14-8(11)7-4-6(9(12)13)5-10(7)2/h4-5,12-13H,3H2,1-2H3. The largest absolute Gasteiger partial charge is 0.490 e. The molecular formula is C8H12BNO4. The van der Waals surface area contributed by atoms with E-state index >= 15 is 0 Å². The van der Waals surface area contributed by atoms with Gasteiger partial charge in [0.2, 0.25) is 0 Å². The van der Waals surface area contributed by atoms with Crippen LogP contribution in [0.3, 0.4) is 0 Å². The minimum Gasteiger partial charge on any atom is -0.461 e. The molecule has 0 unspecified atom stereocenters. The molecule has 0 saturated heterocycles. The third-order valence-corrected chi connectivity index (χ3v) is 1.81. The topological polar surface area (TPSA) is 71.7 Å². The number of hydrogen-bond donors (Lipinski definition) is 2. The monoisotopic (exact) mass is 197 g/mol. The molecule has 1 aromatic rings. The molecule has 0 bridgehead atoms. The predicted molar refractivity (Wildman–Crippen MR) is 51.2 cm³/mol. The Labute approximate surface area is 82.1 Å². The molecule has 1 heterocycles. The lowest BCUT2D eigenvalue weighted by Crippen LogP contribution is -2.28. The second-order valence-corrected chi connectivity index (χ2v) is 2.86. The van der Waals surface area contributed by atoms with Crippen LogP contribution in [0.5, 0.6) is 0 Å². The molecule has 0 saturated carbocycles. The quantitative estimate of drug-likeness (QED) is 0.475. The van der Waals surface area contributed by atoms with Gasteiger partial charge in [-0.1, -0.05) is 0 Å². The van der Waals surface area contributed by atoms with Crippen LogP contribution in [0.2, 0.25) is 0 Å². The zero-order valence-electron chi connectivity index (χ0n) is 8.10. The Balaban J connectivity index is 2.92. The van der Waals surface area contributed by atoms with E-state index in [9.17, 15) is 4.79 Å². The van der Waals surface area contributed by atoms with Crippen molar-refractivity contribution in [1.82, 2.24) is 4.57 Å². The molecule has 0 atom stereocenters. The Morgan fingerprint density at radius 1 is 1.64 bits per heavy atom. The van der Waals surface area contributed by atoms with Gasteiger partial charge < -0.3 is 19.4 Å². The van der Waals surface area contributed by atoms with Gasteiger partial charge in [0.25, 0.3) is 0 Å². The molecule has 1 aromatic heterocycles. The Morgan fingerprint density at radius 3 is 2.71 bits per heavy atom. The zero-order valence-corrected chi connectivity index (χ0v) is 8.10. The number of carbonyl (C=O) groups is 1. The third kappa shape index (κ3) is 2.15. The van der Waals surface area contributed by atoms with Crippen molar-refractivity contribution < 1.29 is 19.6 Å². The van der Waals surface area contributed by atoms with E-state index < -0.39 is 13.1 Å². The first kappa shape index (κ1) is 10.8. The normalized spacial score (nSPS) is 10.0. The van der Waals surface area contributed by atoms with Gasteiger partial charge in [-0.25, -0.2) is 4.79 Å². The molecule has 6 heteroatoms. The van der Waals surface area contributed by atoms with Gasteiger partial charge >= 0.3 is 13.1 Å². The fourth-order valence-electron chi connectivity index (χ4n) is 1.14. The van der Waals surface area contributed by atoms with E-state index in [2.05, 4.69) is 0 Å². The van der Waals surface area contributed by atoms with Crippen LogP contribution in [-0.2, 0) is 11.8 Å². The van der Waals surface area contributed by atoms with Crippen LogP contribution in [0.1, 0.15) is 17.4 Å². The molecule has 0 fully saturated rings. The van der Waals surface area contributed by atoms with Gasteiger partial charge in [-0.3, -0.25) is 0 Å². The maximum absolute atomic E-state index is 11.3. The van der Waals surface area contributed by atoms with Gasteiger partial charge in [-0.15, -0.1) is 0 Å². The summed E-state index contributed by atoms with van der Waals surface area (Å²) in [5, 5.41) is 17.7. The van der Waals surface area contributed by atoms with E-state index in [1.807, 2.05) is 0 Å². The summed E-state index contributed by atoms with van der Waals surface area (Å²) < 4.78 is 6.27. The first-order valence-electron chi connectivity index (χ1n) is 4.25. The minimum atomic E-state index is -1.57. The van der Waals surface area contributed by atoms with Gasteiger partial charge in [0, 0.05) is 18.7 Å². The summed E-state index contributed by atoms with van der Waals surface area (Å²) in [4.78, 5) is 11.3. The van der Waals surface area contributed by atoms with Gasteiger partial charge in [0.15, 0.2) is 0 Å². The molecule has 76 valence electrons. The third-order valence-electron chi connectivity index (χ3n) is 1.81. The number of aryl methyl sites for hydroxylation is 1. The Morgan fingerprint density at radius 2 is 2.29 bits per heavy atom. The smallest absolute Gasteiger partial charge is 0.461 e. The number of carbonyl (C=O) groups excluding carboxylic acids is 1. The van der Waals surface area contributed by atoms with Crippen LogP contribution in [0.4, 0.5) is 0 Å². The van der Waals surface area contributed by atoms with Gasteiger partial charge in [0.05, 0.1) is 6.61 Å². The number of esters is 1. The van der Waals surface area contributed by atoms with E-state index in [-0.39, 0.29) is 5.46 Å². The van der Waals surface area contributed by atoms with Crippen molar-refractivity contribution in [3.63, 3.8) is 0 Å². The molecule has 2 N–H and O–H groups in total. The van der Waals surface area contributed by atoms with Crippen LogP contribution in [0, 0.1) is 0 Å². The van der Waals surface area contributed by atoms with Crippen molar-refractivity contribution in [3.8, 4) is 0 Å². The number of hydrogen-bond acceptors (Lipinski definition) is 4. The summed E-state index contributed by atoms with van der Waals surface area (Å²) in [5.74, 6) is -0.470. The minimum absolute atomic E-state index is 0.274. The highest BCUT2D eigenvalue weighted by Crippen LogP contribution is 2.00. The fourth-order valence-corrected chi connectivity index (χ4v) is 1.14. The van der Waals surface area contributed by atoms with Crippen LogP contribution in [-0.4, -0.2) is 34.3 Å². The lowest BCUT2D eigenvalue weighted by molar-refractivity contribution is 0.0515. The molecule has 0 spiro atoms. The highest BCUT2D eigenvalue weighted by atomic mass is 16.5. The molecule has 0 radical (unpaired) electrons. The molecule has 0 amide bonds. The molecule has 0 aliphatic rings. The highest BCUT2D eigenvalue weighted by molar-refractivity contribution is 6.58. The predicted octanol–water partition coefficient (Wildman–Crippen LogP) is -1.12. The fraction of sp³-hybridized carbons (Fsp3) is 0.375. The lowest BCUT2D eigenvalue weighted by Gasteiger charge is -2.01. The van der Waals surface area contributed by atoms with Gasteiger partial charge in [-0.2, -0.15) is 0 Å². The van der Waals surface area contributed by atoms with Crippen molar-refractivity contribution in [2.45, 2.75) is 6.92 Å². The van der Waals surface area contributed by atoms with E-state index in [1.54, 1.807) is 14.0 Å². The summed E-state index contributed by atoms with van der Waals surface area (Å²) in [6, 6.07) is 1.39.